The lowest BCUT2D eigenvalue weighted by Crippen LogP contribution is -2.47. The van der Waals surface area contributed by atoms with Crippen LogP contribution >= 0.6 is 11.6 Å². The van der Waals surface area contributed by atoms with Crippen LogP contribution in [0.25, 0.3) is 0 Å². The molecule has 2 amide bonds. The van der Waals surface area contributed by atoms with Crippen molar-refractivity contribution in [2.75, 3.05) is 5.32 Å². The van der Waals surface area contributed by atoms with Crippen LogP contribution in [0.5, 0.6) is 0 Å². The lowest BCUT2D eigenvalue weighted by molar-refractivity contribution is -0.118. The van der Waals surface area contributed by atoms with Crippen LogP contribution in [0.15, 0.2) is 47.1 Å². The number of halogens is 1. The van der Waals surface area contributed by atoms with E-state index in [4.69, 9.17) is 16.0 Å². The maximum atomic E-state index is 12.4. The van der Waals surface area contributed by atoms with Crippen LogP contribution in [0.1, 0.15) is 24.4 Å². The van der Waals surface area contributed by atoms with Gasteiger partial charge in [-0.05, 0) is 30.2 Å². The average molecular weight is 321 g/mol. The Labute approximate surface area is 133 Å². The fraction of sp³-hybridized carbons (Fsp3) is 0.250. The molecule has 6 heteroatoms. The summed E-state index contributed by atoms with van der Waals surface area (Å²) in [4.78, 5) is 24.4. The molecule has 0 aliphatic rings. The van der Waals surface area contributed by atoms with E-state index < -0.39 is 11.9 Å². The summed E-state index contributed by atoms with van der Waals surface area (Å²) in [6, 6.07) is 9.38. The van der Waals surface area contributed by atoms with E-state index >= 15 is 0 Å². The van der Waals surface area contributed by atoms with Gasteiger partial charge in [0.2, 0.25) is 5.91 Å². The SMILES string of the molecule is CC(C)C(NC(=O)c1ccco1)C(=O)Nc1ccccc1Cl. The zero-order chi connectivity index (χ0) is 16.1. The minimum Gasteiger partial charge on any atom is -0.459 e. The largest absolute Gasteiger partial charge is 0.459 e. The number of nitrogens with one attached hydrogen (secondary N) is 2. The Morgan fingerprint density at radius 3 is 2.45 bits per heavy atom. The van der Waals surface area contributed by atoms with Gasteiger partial charge in [0.1, 0.15) is 6.04 Å². The zero-order valence-electron chi connectivity index (χ0n) is 12.3. The number of amides is 2. The molecule has 1 unspecified atom stereocenters. The Balaban J connectivity index is 2.09. The fourth-order valence-corrected chi connectivity index (χ4v) is 2.11. The van der Waals surface area contributed by atoms with Gasteiger partial charge >= 0.3 is 0 Å². The van der Waals surface area contributed by atoms with Crippen molar-refractivity contribution in [2.24, 2.45) is 5.92 Å². The molecule has 2 rings (SSSR count). The number of rotatable bonds is 5. The van der Waals surface area contributed by atoms with Crippen LogP contribution < -0.4 is 10.6 Å². The molecule has 5 nitrogen and oxygen atoms in total. The number of hydrogen-bond acceptors (Lipinski definition) is 3. The van der Waals surface area contributed by atoms with Gasteiger partial charge in [-0.3, -0.25) is 9.59 Å². The predicted molar refractivity (Wildman–Crippen MR) is 84.9 cm³/mol. The van der Waals surface area contributed by atoms with E-state index in [2.05, 4.69) is 10.6 Å². The minimum atomic E-state index is -0.700. The Bertz CT molecular complexity index is 653. The van der Waals surface area contributed by atoms with Crippen LogP contribution in [0.2, 0.25) is 5.02 Å². The molecule has 0 saturated carbocycles. The van der Waals surface area contributed by atoms with Gasteiger partial charge in [-0.25, -0.2) is 0 Å². The third-order valence-corrected chi connectivity index (χ3v) is 3.44. The summed E-state index contributed by atoms with van der Waals surface area (Å²) < 4.78 is 5.03. The molecule has 1 aromatic carbocycles. The predicted octanol–water partition coefficient (Wildman–Crippen LogP) is 3.33. The van der Waals surface area contributed by atoms with E-state index in [1.165, 1.54) is 6.26 Å². The van der Waals surface area contributed by atoms with Crippen molar-refractivity contribution in [3.8, 4) is 0 Å². The Morgan fingerprint density at radius 2 is 1.86 bits per heavy atom. The molecule has 1 aromatic heterocycles. The van der Waals surface area contributed by atoms with Crippen LogP contribution in [0.3, 0.4) is 0 Å². The van der Waals surface area contributed by atoms with Gasteiger partial charge in [0.15, 0.2) is 5.76 Å². The quantitative estimate of drug-likeness (QED) is 0.887. The number of carbonyl (C=O) groups is 2. The first-order valence-electron chi connectivity index (χ1n) is 6.89. The van der Waals surface area contributed by atoms with Gasteiger partial charge in [0, 0.05) is 0 Å². The van der Waals surface area contributed by atoms with E-state index in [0.717, 1.165) is 0 Å². The number of carbonyl (C=O) groups excluding carboxylic acids is 2. The van der Waals surface area contributed by atoms with Gasteiger partial charge in [-0.2, -0.15) is 0 Å². The second-order valence-electron chi connectivity index (χ2n) is 5.14. The molecule has 2 N–H and O–H groups in total. The summed E-state index contributed by atoms with van der Waals surface area (Å²) in [5, 5.41) is 5.84. The third-order valence-electron chi connectivity index (χ3n) is 3.11. The molecular weight excluding hydrogens is 304 g/mol. The number of para-hydroxylation sites is 1. The van der Waals surface area contributed by atoms with Crippen molar-refractivity contribution in [3.05, 3.63) is 53.4 Å². The van der Waals surface area contributed by atoms with Gasteiger partial charge in [-0.1, -0.05) is 37.6 Å². The highest BCUT2D eigenvalue weighted by Gasteiger charge is 2.26. The minimum absolute atomic E-state index is 0.0959. The van der Waals surface area contributed by atoms with Crippen molar-refractivity contribution < 1.29 is 14.0 Å². The molecule has 22 heavy (non-hydrogen) atoms. The number of benzene rings is 1. The second kappa shape index (κ2) is 7.13. The second-order valence-corrected chi connectivity index (χ2v) is 5.55. The van der Waals surface area contributed by atoms with Crippen LogP contribution in [0, 0.1) is 5.92 Å². The van der Waals surface area contributed by atoms with Crippen molar-refractivity contribution in [1.82, 2.24) is 5.32 Å². The number of anilines is 1. The maximum absolute atomic E-state index is 12.4. The molecular formula is C16H17ClN2O3. The third kappa shape index (κ3) is 3.89. The van der Waals surface area contributed by atoms with Gasteiger partial charge < -0.3 is 15.1 Å². The van der Waals surface area contributed by atoms with Crippen molar-refractivity contribution in [1.29, 1.82) is 0 Å². The highest BCUT2D eigenvalue weighted by Crippen LogP contribution is 2.21. The van der Waals surface area contributed by atoms with E-state index in [0.29, 0.717) is 10.7 Å². The molecule has 1 atom stereocenters. The van der Waals surface area contributed by atoms with Crippen LogP contribution in [0.4, 0.5) is 5.69 Å². The molecule has 0 aliphatic carbocycles. The molecule has 2 aromatic rings. The molecule has 0 spiro atoms. The Morgan fingerprint density at radius 1 is 1.14 bits per heavy atom. The topological polar surface area (TPSA) is 71.3 Å². The average Bonchev–Trinajstić information content (AvgIpc) is 3.00. The molecule has 1 heterocycles. The first kappa shape index (κ1) is 16.1. The first-order chi connectivity index (χ1) is 10.5. The molecule has 0 fully saturated rings. The molecule has 0 saturated heterocycles. The number of furan rings is 1. The van der Waals surface area contributed by atoms with Crippen LogP contribution in [-0.4, -0.2) is 17.9 Å². The highest BCUT2D eigenvalue weighted by molar-refractivity contribution is 6.33. The lowest BCUT2D eigenvalue weighted by atomic mass is 10.0. The summed E-state index contributed by atoms with van der Waals surface area (Å²) in [6.07, 6.45) is 1.41. The summed E-state index contributed by atoms with van der Waals surface area (Å²) >= 11 is 6.02. The molecule has 0 bridgehead atoms. The van der Waals surface area contributed by atoms with E-state index in [9.17, 15) is 9.59 Å². The van der Waals surface area contributed by atoms with Crippen molar-refractivity contribution in [3.63, 3.8) is 0 Å². The fourth-order valence-electron chi connectivity index (χ4n) is 1.93. The Hall–Kier alpha value is -2.27. The zero-order valence-corrected chi connectivity index (χ0v) is 13.1. The Kier molecular flexibility index (Phi) is 5.22. The summed E-state index contributed by atoms with van der Waals surface area (Å²) in [6.45, 7) is 3.69. The van der Waals surface area contributed by atoms with Gasteiger partial charge in [0.05, 0.1) is 17.0 Å². The van der Waals surface area contributed by atoms with Gasteiger partial charge in [0.25, 0.3) is 5.91 Å². The first-order valence-corrected chi connectivity index (χ1v) is 7.26. The van der Waals surface area contributed by atoms with E-state index in [1.54, 1.807) is 36.4 Å². The molecule has 116 valence electrons. The highest BCUT2D eigenvalue weighted by atomic mass is 35.5. The monoisotopic (exact) mass is 320 g/mol. The van der Waals surface area contributed by atoms with E-state index in [1.807, 2.05) is 13.8 Å². The van der Waals surface area contributed by atoms with Crippen molar-refractivity contribution >= 4 is 29.1 Å². The van der Waals surface area contributed by atoms with Gasteiger partial charge in [-0.15, -0.1) is 0 Å². The summed E-state index contributed by atoms with van der Waals surface area (Å²) in [7, 11) is 0. The summed E-state index contributed by atoms with van der Waals surface area (Å²) in [5.41, 5.74) is 0.507. The van der Waals surface area contributed by atoms with E-state index in [-0.39, 0.29) is 17.6 Å². The smallest absolute Gasteiger partial charge is 0.287 e. The lowest BCUT2D eigenvalue weighted by Gasteiger charge is -2.21. The normalized spacial score (nSPS) is 12.0. The maximum Gasteiger partial charge on any atom is 0.287 e. The van der Waals surface area contributed by atoms with Crippen molar-refractivity contribution in [2.45, 2.75) is 19.9 Å². The standard InChI is InChI=1S/C16H17ClN2O3/c1-10(2)14(19-15(20)13-8-5-9-22-13)16(21)18-12-7-4-3-6-11(12)17/h3-10,14H,1-2H3,(H,18,21)(H,19,20). The molecule has 0 aliphatic heterocycles. The molecule has 0 radical (unpaired) electrons. The summed E-state index contributed by atoms with van der Waals surface area (Å²) in [5.74, 6) is -0.696. The number of hydrogen-bond donors (Lipinski definition) is 2. The van der Waals surface area contributed by atoms with Crippen LogP contribution in [-0.2, 0) is 4.79 Å².